The van der Waals surface area contributed by atoms with Gasteiger partial charge in [0.15, 0.2) is 5.78 Å². The lowest BCUT2D eigenvalue weighted by molar-refractivity contribution is -0.137. The lowest BCUT2D eigenvalue weighted by atomic mass is 9.90. The third kappa shape index (κ3) is 6.59. The van der Waals surface area contributed by atoms with Gasteiger partial charge in [0.1, 0.15) is 0 Å². The highest BCUT2D eigenvalue weighted by Crippen LogP contribution is 2.20. The molecule has 1 amide bonds. The molecule has 4 N–H and O–H groups in total. The van der Waals surface area contributed by atoms with Crippen molar-refractivity contribution in [2.24, 2.45) is 5.92 Å². The zero-order chi connectivity index (χ0) is 18.1. The largest absolute Gasteiger partial charge is 0.481 e. The Balaban J connectivity index is 1.90. The summed E-state index contributed by atoms with van der Waals surface area (Å²) in [6, 6.07) is -0.575. The Hall–Kier alpha value is -1.73. The molecule has 0 aromatic carbocycles. The van der Waals surface area contributed by atoms with Crippen molar-refractivity contribution in [2.45, 2.75) is 51.0 Å². The molecule has 0 radical (unpaired) electrons. The number of ketones is 1. The highest BCUT2D eigenvalue weighted by molar-refractivity contribution is 6.03. The number of Topliss-reactive ketones (excluding diaryl/α,β-unsaturated/α-hetero) is 1. The molecule has 1 unspecified atom stereocenters. The fraction of sp³-hybridized carbons (Fsp3) is 0.722. The molecule has 140 valence electrons. The van der Waals surface area contributed by atoms with E-state index >= 15 is 0 Å². The third-order valence-electron chi connectivity index (χ3n) is 4.87. The Labute approximate surface area is 148 Å². The van der Waals surface area contributed by atoms with Gasteiger partial charge in [0.05, 0.1) is 12.5 Å². The van der Waals surface area contributed by atoms with Gasteiger partial charge in [0.2, 0.25) is 5.91 Å². The molecule has 1 saturated heterocycles. The van der Waals surface area contributed by atoms with Crippen LogP contribution in [0.4, 0.5) is 0 Å². The molecule has 0 bridgehead atoms. The van der Waals surface area contributed by atoms with Crippen LogP contribution < -0.4 is 16.0 Å². The topological polar surface area (TPSA) is 108 Å². The highest BCUT2D eigenvalue weighted by atomic mass is 16.4. The average Bonchev–Trinajstić information content (AvgIpc) is 2.86. The van der Waals surface area contributed by atoms with E-state index in [-0.39, 0.29) is 24.7 Å². The normalized spacial score (nSPS) is 21.9. The first-order valence-electron chi connectivity index (χ1n) is 9.24. The second-order valence-corrected chi connectivity index (χ2v) is 6.79. The Morgan fingerprint density at radius 3 is 2.64 bits per heavy atom. The number of nitrogens with one attached hydrogen (secondary N) is 3. The Kier molecular flexibility index (Phi) is 8.08. The minimum atomic E-state index is -0.956. The van der Waals surface area contributed by atoms with Crippen LogP contribution in [0.25, 0.3) is 0 Å². The van der Waals surface area contributed by atoms with Gasteiger partial charge >= 0.3 is 5.97 Å². The molecule has 0 aromatic rings. The second kappa shape index (κ2) is 10.3. The lowest BCUT2D eigenvalue weighted by Gasteiger charge is -2.24. The highest BCUT2D eigenvalue weighted by Gasteiger charge is 2.28. The predicted molar refractivity (Wildman–Crippen MR) is 94.2 cm³/mol. The van der Waals surface area contributed by atoms with Crippen LogP contribution in [0.3, 0.4) is 0 Å². The summed E-state index contributed by atoms with van der Waals surface area (Å²) < 4.78 is 0. The van der Waals surface area contributed by atoms with Crippen LogP contribution in [0.2, 0.25) is 0 Å². The first kappa shape index (κ1) is 19.6. The van der Waals surface area contributed by atoms with Crippen molar-refractivity contribution in [3.8, 4) is 0 Å². The van der Waals surface area contributed by atoms with E-state index in [4.69, 9.17) is 5.11 Å². The molecule has 25 heavy (non-hydrogen) atoms. The van der Waals surface area contributed by atoms with Crippen LogP contribution >= 0.6 is 0 Å². The Morgan fingerprint density at radius 1 is 1.16 bits per heavy atom. The number of amides is 1. The van der Waals surface area contributed by atoms with Gasteiger partial charge in [-0.05, 0) is 57.7 Å². The molecule has 2 aliphatic heterocycles. The SMILES string of the molecule is O=C(O)CCNC(=O)C1=CCCCNC1C(=O)CCC1CCNCC1. The smallest absolute Gasteiger partial charge is 0.305 e. The molecule has 0 spiro atoms. The number of rotatable bonds is 8. The minimum absolute atomic E-state index is 0.0556. The minimum Gasteiger partial charge on any atom is -0.481 e. The average molecular weight is 351 g/mol. The molecule has 2 rings (SSSR count). The number of hydrogen-bond acceptors (Lipinski definition) is 5. The molecule has 7 nitrogen and oxygen atoms in total. The van der Waals surface area contributed by atoms with Crippen molar-refractivity contribution in [3.05, 3.63) is 11.6 Å². The zero-order valence-electron chi connectivity index (χ0n) is 14.7. The van der Waals surface area contributed by atoms with E-state index in [1.54, 1.807) is 0 Å². The molecule has 2 heterocycles. The number of hydrogen-bond donors (Lipinski definition) is 4. The second-order valence-electron chi connectivity index (χ2n) is 6.79. The van der Waals surface area contributed by atoms with Crippen LogP contribution in [0.5, 0.6) is 0 Å². The third-order valence-corrected chi connectivity index (χ3v) is 4.87. The Morgan fingerprint density at radius 2 is 1.92 bits per heavy atom. The summed E-state index contributed by atoms with van der Waals surface area (Å²) in [4.78, 5) is 35.7. The number of carbonyl (C=O) groups is 3. The van der Waals surface area contributed by atoms with Gasteiger partial charge < -0.3 is 21.1 Å². The maximum Gasteiger partial charge on any atom is 0.305 e. The van der Waals surface area contributed by atoms with Crippen LogP contribution in [0, 0.1) is 5.92 Å². The van der Waals surface area contributed by atoms with Gasteiger partial charge in [-0.3, -0.25) is 14.4 Å². The van der Waals surface area contributed by atoms with E-state index < -0.39 is 12.0 Å². The van der Waals surface area contributed by atoms with E-state index in [0.717, 1.165) is 45.2 Å². The van der Waals surface area contributed by atoms with Crippen LogP contribution in [-0.4, -0.2) is 55.0 Å². The fourth-order valence-electron chi connectivity index (χ4n) is 3.39. The number of carboxylic acids is 1. The number of allylic oxidation sites excluding steroid dienone is 1. The fourth-order valence-corrected chi connectivity index (χ4v) is 3.39. The molecule has 1 fully saturated rings. The summed E-state index contributed by atoms with van der Waals surface area (Å²) in [6.45, 7) is 2.79. The van der Waals surface area contributed by atoms with Crippen molar-refractivity contribution in [3.63, 3.8) is 0 Å². The standard InChI is InChI=1S/C18H29N3O4/c22-15(5-4-13-6-10-19-11-7-13)17-14(3-1-2-9-20-17)18(25)21-12-8-16(23)24/h3,13,17,19-20H,1-2,4-12H2,(H,21,25)(H,23,24). The molecule has 1 atom stereocenters. The zero-order valence-corrected chi connectivity index (χ0v) is 14.7. The van der Waals surface area contributed by atoms with Crippen LogP contribution in [0.15, 0.2) is 11.6 Å². The first-order chi connectivity index (χ1) is 12.1. The number of carboxylic acid groups (broad SMARTS) is 1. The molecule has 7 heteroatoms. The van der Waals surface area contributed by atoms with E-state index in [9.17, 15) is 14.4 Å². The lowest BCUT2D eigenvalue weighted by Crippen LogP contribution is -2.43. The number of piperidine rings is 1. The van der Waals surface area contributed by atoms with Crippen LogP contribution in [0.1, 0.15) is 44.9 Å². The maximum absolute atomic E-state index is 12.7. The summed E-state index contributed by atoms with van der Waals surface area (Å²) in [6.07, 6.45) is 6.86. The predicted octanol–water partition coefficient (Wildman–Crippen LogP) is 0.605. The van der Waals surface area contributed by atoms with E-state index in [1.165, 1.54) is 0 Å². The summed E-state index contributed by atoms with van der Waals surface area (Å²) in [5.74, 6) is -0.661. The molecular formula is C18H29N3O4. The van der Waals surface area contributed by atoms with Gasteiger partial charge in [0, 0.05) is 18.5 Å². The van der Waals surface area contributed by atoms with Gasteiger partial charge in [-0.2, -0.15) is 0 Å². The number of carbonyl (C=O) groups excluding carboxylic acids is 2. The molecule has 2 aliphatic rings. The van der Waals surface area contributed by atoms with Crippen molar-refractivity contribution >= 4 is 17.7 Å². The Bertz CT molecular complexity index is 512. The quantitative estimate of drug-likeness (QED) is 0.510. The van der Waals surface area contributed by atoms with Gasteiger partial charge in [-0.15, -0.1) is 0 Å². The van der Waals surface area contributed by atoms with Gasteiger partial charge in [-0.25, -0.2) is 0 Å². The van der Waals surface area contributed by atoms with Crippen molar-refractivity contribution in [1.82, 2.24) is 16.0 Å². The van der Waals surface area contributed by atoms with Crippen molar-refractivity contribution < 1.29 is 19.5 Å². The monoisotopic (exact) mass is 351 g/mol. The van der Waals surface area contributed by atoms with Crippen molar-refractivity contribution in [1.29, 1.82) is 0 Å². The first-order valence-corrected chi connectivity index (χ1v) is 9.24. The van der Waals surface area contributed by atoms with Crippen LogP contribution in [-0.2, 0) is 14.4 Å². The molecule has 0 aliphatic carbocycles. The maximum atomic E-state index is 12.7. The van der Waals surface area contributed by atoms with Gasteiger partial charge in [0.25, 0.3) is 0 Å². The summed E-state index contributed by atoms with van der Waals surface area (Å²) in [7, 11) is 0. The van der Waals surface area contributed by atoms with Gasteiger partial charge in [-0.1, -0.05) is 6.08 Å². The molecule has 0 saturated carbocycles. The van der Waals surface area contributed by atoms with E-state index in [1.807, 2.05) is 6.08 Å². The summed E-state index contributed by atoms with van der Waals surface area (Å²) in [5.41, 5.74) is 0.443. The molecule has 0 aromatic heterocycles. The van der Waals surface area contributed by atoms with Crippen molar-refractivity contribution in [2.75, 3.05) is 26.2 Å². The molecular weight excluding hydrogens is 322 g/mol. The van der Waals surface area contributed by atoms with E-state index in [0.29, 0.717) is 24.5 Å². The van der Waals surface area contributed by atoms with E-state index in [2.05, 4.69) is 16.0 Å². The summed E-state index contributed by atoms with van der Waals surface area (Å²) >= 11 is 0. The summed E-state index contributed by atoms with van der Waals surface area (Å²) in [5, 5.41) is 17.8. The number of aliphatic carboxylic acids is 1.